The van der Waals surface area contributed by atoms with E-state index >= 15 is 0 Å². The number of nitrogens with zero attached hydrogens (tertiary/aromatic N) is 2. The highest BCUT2D eigenvalue weighted by Crippen LogP contribution is 2.29. The van der Waals surface area contributed by atoms with Gasteiger partial charge in [-0.25, -0.2) is 0 Å². The van der Waals surface area contributed by atoms with E-state index in [-0.39, 0.29) is 18.2 Å². The molecule has 3 rings (SSSR count). The van der Waals surface area contributed by atoms with Crippen LogP contribution in [0.4, 0.5) is 0 Å². The summed E-state index contributed by atoms with van der Waals surface area (Å²) in [7, 11) is 1.53. The minimum absolute atomic E-state index is 0.0812. The van der Waals surface area contributed by atoms with E-state index in [0.29, 0.717) is 5.02 Å². The summed E-state index contributed by atoms with van der Waals surface area (Å²) in [5, 5.41) is 13.2. The van der Waals surface area contributed by atoms with Crippen LogP contribution in [0.2, 0.25) is 5.02 Å². The number of aliphatic hydroxyl groups is 1. The molecule has 134 valence electrons. The molecule has 1 aliphatic heterocycles. The minimum atomic E-state index is -0.544. The Morgan fingerprint density at radius 2 is 2.15 bits per heavy atom. The van der Waals surface area contributed by atoms with Crippen LogP contribution in [0, 0.1) is 0 Å². The number of benzene rings is 1. The monoisotopic (exact) mass is 371 g/mol. The van der Waals surface area contributed by atoms with Gasteiger partial charge >= 0.3 is 0 Å². The molecule has 2 aromatic rings. The third-order valence-corrected chi connectivity index (χ3v) is 4.62. The maximum absolute atomic E-state index is 12.4. The summed E-state index contributed by atoms with van der Waals surface area (Å²) in [6, 6.07) is 9.15. The number of hydrogen-bond acceptors (Lipinski definition) is 4. The van der Waals surface area contributed by atoms with Gasteiger partial charge in [0.1, 0.15) is 0 Å². The lowest BCUT2D eigenvalue weighted by Crippen LogP contribution is -2.30. The number of pyridine rings is 1. The van der Waals surface area contributed by atoms with Crippen molar-refractivity contribution in [3.05, 3.63) is 64.6 Å². The Morgan fingerprint density at radius 1 is 1.38 bits per heavy atom. The zero-order chi connectivity index (χ0) is 18.8. The summed E-state index contributed by atoms with van der Waals surface area (Å²) < 4.78 is 0. The number of hydrogen-bond donors (Lipinski definition) is 2. The van der Waals surface area contributed by atoms with Crippen molar-refractivity contribution in [1.82, 2.24) is 15.2 Å². The highest BCUT2D eigenvalue weighted by atomic mass is 35.5. The van der Waals surface area contributed by atoms with Crippen LogP contribution in [-0.4, -0.2) is 40.4 Å². The molecule has 0 fully saturated rings. The van der Waals surface area contributed by atoms with Gasteiger partial charge in [0.05, 0.1) is 23.2 Å². The van der Waals surface area contributed by atoms with Crippen LogP contribution in [0.5, 0.6) is 0 Å². The lowest BCUT2D eigenvalue weighted by molar-refractivity contribution is -0.126. The van der Waals surface area contributed by atoms with E-state index in [9.17, 15) is 14.7 Å². The molecular formula is C19H18ClN3O3. The first-order chi connectivity index (χ1) is 12.4. The highest BCUT2D eigenvalue weighted by Gasteiger charge is 2.32. The van der Waals surface area contributed by atoms with E-state index in [1.54, 1.807) is 12.4 Å². The average molecular weight is 372 g/mol. The number of nitrogens with one attached hydrogen (secondary N) is 1. The standard InChI is InChI=1S/C19H18ClN3O3/c1-11(22-18(25)15-10-23(2)19(26)17(15)24)12-4-3-5-13(8-12)14-6-7-21-9-16(14)20/h3-9,11,24H,10H2,1-2H3,(H,22,25). The number of halogens is 1. The Kier molecular flexibility index (Phi) is 4.95. The van der Waals surface area contributed by atoms with E-state index in [4.69, 9.17) is 11.6 Å². The maximum atomic E-state index is 12.4. The van der Waals surface area contributed by atoms with Crippen LogP contribution in [0.3, 0.4) is 0 Å². The van der Waals surface area contributed by atoms with Gasteiger partial charge in [-0.3, -0.25) is 14.6 Å². The molecule has 26 heavy (non-hydrogen) atoms. The Hall–Kier alpha value is -2.86. The molecule has 2 amide bonds. The lowest BCUT2D eigenvalue weighted by atomic mass is 10.0. The predicted octanol–water partition coefficient (Wildman–Crippen LogP) is 2.86. The molecular weight excluding hydrogens is 354 g/mol. The first kappa shape index (κ1) is 17.9. The van der Waals surface area contributed by atoms with Crippen LogP contribution in [-0.2, 0) is 9.59 Å². The molecule has 7 heteroatoms. The first-order valence-corrected chi connectivity index (χ1v) is 8.44. The smallest absolute Gasteiger partial charge is 0.289 e. The topological polar surface area (TPSA) is 82.5 Å². The fraction of sp³-hybridized carbons (Fsp3) is 0.211. The average Bonchev–Trinajstić information content (AvgIpc) is 2.89. The predicted molar refractivity (Wildman–Crippen MR) is 98.5 cm³/mol. The van der Waals surface area contributed by atoms with Crippen molar-refractivity contribution in [2.75, 3.05) is 13.6 Å². The van der Waals surface area contributed by atoms with Crippen LogP contribution in [0.15, 0.2) is 54.1 Å². The van der Waals surface area contributed by atoms with Crippen molar-refractivity contribution >= 4 is 23.4 Å². The summed E-state index contributed by atoms with van der Waals surface area (Å²) in [6.45, 7) is 1.93. The molecule has 0 spiro atoms. The van der Waals surface area contributed by atoms with Gasteiger partial charge in [0.25, 0.3) is 11.8 Å². The molecule has 1 atom stereocenters. The molecule has 0 bridgehead atoms. The summed E-state index contributed by atoms with van der Waals surface area (Å²) in [6.07, 6.45) is 3.25. The summed E-state index contributed by atoms with van der Waals surface area (Å²) in [5.74, 6) is -1.49. The number of rotatable bonds is 4. The zero-order valence-corrected chi connectivity index (χ0v) is 15.1. The molecule has 0 radical (unpaired) electrons. The highest BCUT2D eigenvalue weighted by molar-refractivity contribution is 6.33. The first-order valence-electron chi connectivity index (χ1n) is 8.06. The molecule has 6 nitrogen and oxygen atoms in total. The molecule has 0 aliphatic carbocycles. The van der Waals surface area contributed by atoms with Crippen molar-refractivity contribution in [2.45, 2.75) is 13.0 Å². The number of aromatic nitrogens is 1. The molecule has 2 heterocycles. The lowest BCUT2D eigenvalue weighted by Gasteiger charge is -2.16. The van der Waals surface area contributed by atoms with Crippen molar-refractivity contribution in [3.8, 4) is 11.1 Å². The van der Waals surface area contributed by atoms with Crippen molar-refractivity contribution in [2.24, 2.45) is 0 Å². The van der Waals surface area contributed by atoms with E-state index in [2.05, 4.69) is 10.3 Å². The van der Waals surface area contributed by atoms with E-state index in [0.717, 1.165) is 16.7 Å². The van der Waals surface area contributed by atoms with Crippen LogP contribution in [0.1, 0.15) is 18.5 Å². The fourth-order valence-corrected chi connectivity index (χ4v) is 3.05. The Labute approximate surface area is 156 Å². The molecule has 2 N–H and O–H groups in total. The quantitative estimate of drug-likeness (QED) is 0.865. The summed E-state index contributed by atoms with van der Waals surface area (Å²) >= 11 is 6.20. The number of carbonyl (C=O) groups excluding carboxylic acids is 2. The Balaban J connectivity index is 1.80. The summed E-state index contributed by atoms with van der Waals surface area (Å²) in [4.78, 5) is 29.3. The van der Waals surface area contributed by atoms with Crippen molar-refractivity contribution in [1.29, 1.82) is 0 Å². The molecule has 1 aromatic heterocycles. The fourth-order valence-electron chi connectivity index (χ4n) is 2.83. The van der Waals surface area contributed by atoms with Crippen molar-refractivity contribution < 1.29 is 14.7 Å². The molecule has 1 aromatic carbocycles. The molecule has 0 saturated heterocycles. The van der Waals surface area contributed by atoms with Gasteiger partial charge in [-0.1, -0.05) is 29.8 Å². The number of likely N-dealkylation sites (N-methyl/N-ethyl adjacent to an activating group) is 1. The Bertz CT molecular complexity index is 910. The molecule has 1 unspecified atom stereocenters. The normalized spacial score (nSPS) is 15.3. The number of aliphatic hydroxyl groups excluding tert-OH is 1. The largest absolute Gasteiger partial charge is 0.503 e. The second-order valence-corrected chi connectivity index (χ2v) is 6.57. The van der Waals surface area contributed by atoms with E-state index in [1.165, 1.54) is 11.9 Å². The van der Waals surface area contributed by atoms with Gasteiger partial charge in [-0.05, 0) is 30.2 Å². The molecule has 1 aliphatic rings. The van der Waals surface area contributed by atoms with Crippen LogP contribution < -0.4 is 5.32 Å². The minimum Gasteiger partial charge on any atom is -0.503 e. The van der Waals surface area contributed by atoms with Gasteiger partial charge < -0.3 is 15.3 Å². The Morgan fingerprint density at radius 3 is 2.81 bits per heavy atom. The van der Waals surface area contributed by atoms with Gasteiger partial charge in [0, 0.05) is 25.0 Å². The van der Waals surface area contributed by atoms with E-state index < -0.39 is 17.6 Å². The summed E-state index contributed by atoms with van der Waals surface area (Å²) in [5.41, 5.74) is 2.72. The van der Waals surface area contributed by atoms with Crippen LogP contribution in [0.25, 0.3) is 11.1 Å². The van der Waals surface area contributed by atoms with Gasteiger partial charge in [-0.2, -0.15) is 0 Å². The third kappa shape index (κ3) is 3.41. The molecule has 0 saturated carbocycles. The number of carbonyl (C=O) groups is 2. The van der Waals surface area contributed by atoms with Crippen LogP contribution >= 0.6 is 11.6 Å². The van der Waals surface area contributed by atoms with Crippen molar-refractivity contribution in [3.63, 3.8) is 0 Å². The zero-order valence-electron chi connectivity index (χ0n) is 14.4. The van der Waals surface area contributed by atoms with Gasteiger partial charge in [0.15, 0.2) is 5.76 Å². The second kappa shape index (κ2) is 7.17. The second-order valence-electron chi connectivity index (χ2n) is 6.16. The maximum Gasteiger partial charge on any atom is 0.289 e. The van der Waals surface area contributed by atoms with E-state index in [1.807, 2.05) is 37.3 Å². The van der Waals surface area contributed by atoms with Gasteiger partial charge in [0.2, 0.25) is 0 Å². The van der Waals surface area contributed by atoms with Gasteiger partial charge in [-0.15, -0.1) is 0 Å². The third-order valence-electron chi connectivity index (χ3n) is 4.32. The SMILES string of the molecule is CC(NC(=O)C1=C(O)C(=O)N(C)C1)c1cccc(-c2ccncc2Cl)c1. The number of amides is 2.